The molecule has 1 rings (SSSR count). The van der Waals surface area contributed by atoms with Crippen LogP contribution in [0.4, 0.5) is 26.3 Å². The Labute approximate surface area is 102 Å². The summed E-state index contributed by atoms with van der Waals surface area (Å²) in [5, 5.41) is 16.8. The molecule has 0 aliphatic carbocycles. The Morgan fingerprint density at radius 3 is 2.00 bits per heavy atom. The lowest BCUT2D eigenvalue weighted by molar-refractivity contribution is -0.146. The fourth-order valence-electron chi connectivity index (χ4n) is 1.37. The van der Waals surface area contributed by atoms with Gasteiger partial charge in [-0.05, 0) is 6.07 Å². The van der Waals surface area contributed by atoms with Crippen molar-refractivity contribution in [3.05, 3.63) is 28.6 Å². The number of nitrogens with zero attached hydrogens (tertiary/aromatic N) is 3. The predicted octanol–water partition coefficient (Wildman–Crippen LogP) is 3.06. The van der Waals surface area contributed by atoms with Crippen LogP contribution in [-0.2, 0) is 18.8 Å². The molecule has 0 N–H and O–H groups in total. The van der Waals surface area contributed by atoms with Crippen LogP contribution in [0.5, 0.6) is 0 Å². The molecule has 0 radical (unpaired) electrons. The number of nitriles is 2. The molecule has 0 fully saturated rings. The van der Waals surface area contributed by atoms with E-state index in [0.29, 0.717) is 0 Å². The van der Waals surface area contributed by atoms with Gasteiger partial charge in [-0.25, -0.2) is 4.98 Å². The maximum Gasteiger partial charge on any atom is 0.433 e. The van der Waals surface area contributed by atoms with Crippen LogP contribution in [0.25, 0.3) is 0 Å². The zero-order valence-electron chi connectivity index (χ0n) is 8.89. The molecule has 1 heterocycles. The predicted molar refractivity (Wildman–Crippen MR) is 48.3 cm³/mol. The summed E-state index contributed by atoms with van der Waals surface area (Å²) in [6, 6.07) is 2.55. The van der Waals surface area contributed by atoms with E-state index in [-0.39, 0.29) is 6.07 Å². The molecular weight excluding hydrogens is 276 g/mol. The molecule has 1 aromatic rings. The Hall–Kier alpha value is -2.29. The third-order valence-electron chi connectivity index (χ3n) is 2.07. The van der Waals surface area contributed by atoms with Crippen molar-refractivity contribution in [2.45, 2.75) is 18.8 Å². The molecule has 0 aromatic carbocycles. The monoisotopic (exact) mass is 279 g/mol. The van der Waals surface area contributed by atoms with Gasteiger partial charge in [0, 0.05) is 5.56 Å². The number of aromatic nitrogens is 1. The molecule has 0 spiro atoms. The van der Waals surface area contributed by atoms with Gasteiger partial charge in [-0.1, -0.05) is 0 Å². The molecule has 0 unspecified atom stereocenters. The molecule has 0 saturated heterocycles. The zero-order chi connectivity index (χ0) is 14.8. The molecule has 0 atom stereocenters. The summed E-state index contributed by atoms with van der Waals surface area (Å²) in [4.78, 5) is 2.82. The fraction of sp³-hybridized carbons (Fsp3) is 0.300. The lowest BCUT2D eigenvalue weighted by Crippen LogP contribution is -2.19. The molecule has 0 aliphatic rings. The summed E-state index contributed by atoms with van der Waals surface area (Å²) in [5.74, 6) is 0. The molecule has 0 amide bonds. The summed E-state index contributed by atoms with van der Waals surface area (Å²) in [6.45, 7) is 0. The zero-order valence-corrected chi connectivity index (χ0v) is 8.89. The van der Waals surface area contributed by atoms with Crippen molar-refractivity contribution in [3.63, 3.8) is 0 Å². The van der Waals surface area contributed by atoms with E-state index in [0.717, 1.165) is 6.07 Å². The topological polar surface area (TPSA) is 60.5 Å². The number of halogens is 6. The number of hydrogen-bond acceptors (Lipinski definition) is 3. The van der Waals surface area contributed by atoms with E-state index >= 15 is 0 Å². The van der Waals surface area contributed by atoms with Gasteiger partial charge in [-0.2, -0.15) is 36.9 Å². The molecular formula is C10H3F6N3. The molecule has 0 aliphatic heterocycles. The van der Waals surface area contributed by atoms with Gasteiger partial charge in [0.2, 0.25) is 0 Å². The molecule has 100 valence electrons. The minimum atomic E-state index is -5.18. The van der Waals surface area contributed by atoms with E-state index in [9.17, 15) is 26.3 Å². The van der Waals surface area contributed by atoms with Crippen molar-refractivity contribution in [1.82, 2.24) is 4.98 Å². The standard InChI is InChI=1S/C10H3F6N3/c11-9(12,13)7-3-5(4-18)19-8(10(14,15)16)6(7)1-2-17/h3H,1H2. The largest absolute Gasteiger partial charge is 0.433 e. The highest BCUT2D eigenvalue weighted by molar-refractivity contribution is 5.41. The quantitative estimate of drug-likeness (QED) is 0.742. The Morgan fingerprint density at radius 1 is 1.05 bits per heavy atom. The van der Waals surface area contributed by atoms with Crippen LogP contribution in [0.3, 0.4) is 0 Å². The summed E-state index contributed by atoms with van der Waals surface area (Å²) >= 11 is 0. The van der Waals surface area contributed by atoms with Gasteiger partial charge in [0.05, 0.1) is 18.1 Å². The number of alkyl halides is 6. The van der Waals surface area contributed by atoms with Crippen LogP contribution in [0.1, 0.15) is 22.5 Å². The average Bonchev–Trinajstić information content (AvgIpc) is 2.26. The first-order valence-corrected chi connectivity index (χ1v) is 4.56. The average molecular weight is 279 g/mol. The first kappa shape index (κ1) is 14.8. The van der Waals surface area contributed by atoms with Crippen LogP contribution < -0.4 is 0 Å². The van der Waals surface area contributed by atoms with E-state index in [1.54, 1.807) is 0 Å². The highest BCUT2D eigenvalue weighted by Gasteiger charge is 2.42. The second-order valence-electron chi connectivity index (χ2n) is 3.32. The minimum absolute atomic E-state index is 0.196. The van der Waals surface area contributed by atoms with Gasteiger partial charge in [-0.3, -0.25) is 0 Å². The van der Waals surface area contributed by atoms with E-state index in [1.165, 1.54) is 6.07 Å². The van der Waals surface area contributed by atoms with Crippen LogP contribution in [0, 0.1) is 22.7 Å². The van der Waals surface area contributed by atoms with Gasteiger partial charge >= 0.3 is 12.4 Å². The Morgan fingerprint density at radius 2 is 1.63 bits per heavy atom. The van der Waals surface area contributed by atoms with Crippen LogP contribution in [-0.4, -0.2) is 4.98 Å². The van der Waals surface area contributed by atoms with Crippen molar-refractivity contribution in [2.75, 3.05) is 0 Å². The molecule has 0 saturated carbocycles. The number of rotatable bonds is 1. The SMILES string of the molecule is N#CCc1c(C(F)(F)F)cc(C#N)nc1C(F)(F)F. The van der Waals surface area contributed by atoms with E-state index < -0.39 is 41.3 Å². The van der Waals surface area contributed by atoms with Crippen molar-refractivity contribution in [3.8, 4) is 12.1 Å². The normalized spacial score (nSPS) is 11.8. The van der Waals surface area contributed by atoms with Crippen molar-refractivity contribution in [2.24, 2.45) is 0 Å². The van der Waals surface area contributed by atoms with Crippen molar-refractivity contribution in [1.29, 1.82) is 10.5 Å². The van der Waals surface area contributed by atoms with Gasteiger partial charge < -0.3 is 0 Å². The molecule has 1 aromatic heterocycles. The molecule has 3 nitrogen and oxygen atoms in total. The third kappa shape index (κ3) is 3.13. The fourth-order valence-corrected chi connectivity index (χ4v) is 1.37. The highest BCUT2D eigenvalue weighted by atomic mass is 19.4. The Balaban J connectivity index is 3.73. The summed E-state index contributed by atoms with van der Waals surface area (Å²) in [7, 11) is 0. The van der Waals surface area contributed by atoms with E-state index in [4.69, 9.17) is 10.5 Å². The second-order valence-corrected chi connectivity index (χ2v) is 3.32. The Bertz CT molecular complexity index is 538. The van der Waals surface area contributed by atoms with Gasteiger partial charge in [-0.15, -0.1) is 0 Å². The molecule has 9 heteroatoms. The first-order valence-electron chi connectivity index (χ1n) is 4.56. The summed E-state index contributed by atoms with van der Waals surface area (Å²) in [5.41, 5.74) is -5.82. The first-order chi connectivity index (χ1) is 8.61. The Kier molecular flexibility index (Phi) is 3.70. The van der Waals surface area contributed by atoms with Gasteiger partial charge in [0.25, 0.3) is 0 Å². The minimum Gasteiger partial charge on any atom is -0.232 e. The second kappa shape index (κ2) is 4.76. The van der Waals surface area contributed by atoms with E-state index in [1.807, 2.05) is 0 Å². The van der Waals surface area contributed by atoms with Crippen molar-refractivity contribution >= 4 is 0 Å². The smallest absolute Gasteiger partial charge is 0.232 e. The molecule has 19 heavy (non-hydrogen) atoms. The van der Waals surface area contributed by atoms with Gasteiger partial charge in [0.15, 0.2) is 5.69 Å². The number of pyridine rings is 1. The highest BCUT2D eigenvalue weighted by Crippen LogP contribution is 2.38. The number of hydrogen-bond donors (Lipinski definition) is 0. The lowest BCUT2D eigenvalue weighted by Gasteiger charge is -2.16. The van der Waals surface area contributed by atoms with E-state index in [2.05, 4.69) is 4.98 Å². The maximum atomic E-state index is 12.6. The third-order valence-corrected chi connectivity index (χ3v) is 2.07. The van der Waals surface area contributed by atoms with Crippen molar-refractivity contribution < 1.29 is 26.3 Å². The van der Waals surface area contributed by atoms with Crippen LogP contribution in [0.15, 0.2) is 6.07 Å². The summed E-state index contributed by atoms with van der Waals surface area (Å²) < 4.78 is 75.7. The lowest BCUT2D eigenvalue weighted by atomic mass is 10.0. The molecule has 0 bridgehead atoms. The van der Waals surface area contributed by atoms with Gasteiger partial charge in [0.1, 0.15) is 11.8 Å². The van der Waals surface area contributed by atoms with Crippen LogP contribution >= 0.6 is 0 Å². The summed E-state index contributed by atoms with van der Waals surface area (Å²) in [6.07, 6.45) is -11.4. The maximum absolute atomic E-state index is 12.6. The van der Waals surface area contributed by atoms with Crippen LogP contribution in [0.2, 0.25) is 0 Å².